The highest BCUT2D eigenvalue weighted by Gasteiger charge is 2.49. The van der Waals surface area contributed by atoms with E-state index in [1.807, 2.05) is 0 Å². The van der Waals surface area contributed by atoms with Crippen molar-refractivity contribution in [2.45, 2.75) is 44.0 Å². The third-order valence-corrected chi connectivity index (χ3v) is 5.73. The van der Waals surface area contributed by atoms with Crippen molar-refractivity contribution in [3.63, 3.8) is 0 Å². The van der Waals surface area contributed by atoms with E-state index < -0.39 is 11.4 Å². The standard InChI is InChI=1S/C19H22FN3O3S2/c1-5-26-14(24)7-6-10-22-18(27)23(17(25)19(22,2)3)13-9-8-12(11-21)15(20)16(13)28-4/h8-9H,5-7,10H2,1-4H3. The lowest BCUT2D eigenvalue weighted by atomic mass is 10.0. The van der Waals surface area contributed by atoms with Gasteiger partial charge in [0.15, 0.2) is 10.9 Å². The molecule has 0 aliphatic carbocycles. The monoisotopic (exact) mass is 423 g/mol. The summed E-state index contributed by atoms with van der Waals surface area (Å²) < 4.78 is 19.5. The fraction of sp³-hybridized carbons (Fsp3) is 0.474. The summed E-state index contributed by atoms with van der Waals surface area (Å²) in [7, 11) is 0. The van der Waals surface area contributed by atoms with E-state index in [2.05, 4.69) is 0 Å². The van der Waals surface area contributed by atoms with Gasteiger partial charge in [0.05, 0.1) is 22.8 Å². The van der Waals surface area contributed by atoms with E-state index in [1.165, 1.54) is 17.0 Å². The second-order valence-electron chi connectivity index (χ2n) is 6.63. The molecule has 0 N–H and O–H groups in total. The first-order chi connectivity index (χ1) is 13.2. The number of thiocarbonyl (C=S) groups is 1. The number of amides is 1. The minimum atomic E-state index is -0.939. The number of nitriles is 1. The number of carbonyl (C=O) groups excluding carboxylic acids is 2. The Morgan fingerprint density at radius 3 is 2.68 bits per heavy atom. The third-order valence-electron chi connectivity index (χ3n) is 4.53. The molecule has 0 atom stereocenters. The molecule has 1 fully saturated rings. The molecular formula is C19H22FN3O3S2. The Balaban J connectivity index is 2.32. The summed E-state index contributed by atoms with van der Waals surface area (Å²) in [6, 6.07) is 4.69. The van der Waals surface area contributed by atoms with Gasteiger partial charge < -0.3 is 9.64 Å². The smallest absolute Gasteiger partial charge is 0.305 e. The lowest BCUT2D eigenvalue weighted by Gasteiger charge is -2.29. The Labute approximate surface area is 173 Å². The summed E-state index contributed by atoms with van der Waals surface area (Å²) >= 11 is 6.64. The number of carbonyl (C=O) groups is 2. The quantitative estimate of drug-likeness (QED) is 0.378. The summed E-state index contributed by atoms with van der Waals surface area (Å²) in [5.74, 6) is -1.25. The van der Waals surface area contributed by atoms with Gasteiger partial charge in [0.25, 0.3) is 5.91 Å². The van der Waals surface area contributed by atoms with Crippen LogP contribution in [0.5, 0.6) is 0 Å². The maximum absolute atomic E-state index is 14.6. The van der Waals surface area contributed by atoms with E-state index in [-0.39, 0.29) is 33.9 Å². The van der Waals surface area contributed by atoms with Crippen molar-refractivity contribution in [1.29, 1.82) is 5.26 Å². The predicted molar refractivity (Wildman–Crippen MR) is 110 cm³/mol. The average molecular weight is 424 g/mol. The molecular weight excluding hydrogens is 401 g/mol. The van der Waals surface area contributed by atoms with Crippen LogP contribution in [0.1, 0.15) is 39.2 Å². The van der Waals surface area contributed by atoms with Crippen molar-refractivity contribution in [1.82, 2.24) is 4.90 Å². The number of rotatable bonds is 7. The molecule has 1 heterocycles. The average Bonchev–Trinajstić information content (AvgIpc) is 2.81. The lowest BCUT2D eigenvalue weighted by Crippen LogP contribution is -2.44. The van der Waals surface area contributed by atoms with Crippen LogP contribution in [-0.2, 0) is 14.3 Å². The topological polar surface area (TPSA) is 73.6 Å². The first-order valence-electron chi connectivity index (χ1n) is 8.79. The van der Waals surface area contributed by atoms with E-state index in [0.29, 0.717) is 25.3 Å². The van der Waals surface area contributed by atoms with Gasteiger partial charge in [-0.2, -0.15) is 5.26 Å². The minimum absolute atomic E-state index is 0.0868. The Kier molecular flexibility index (Phi) is 7.01. The van der Waals surface area contributed by atoms with E-state index in [1.54, 1.807) is 38.0 Å². The summed E-state index contributed by atoms with van der Waals surface area (Å²) in [5.41, 5.74) is -0.706. The summed E-state index contributed by atoms with van der Waals surface area (Å²) in [6.07, 6.45) is 2.37. The van der Waals surface area contributed by atoms with Gasteiger partial charge in [-0.1, -0.05) is 0 Å². The van der Waals surface area contributed by atoms with E-state index >= 15 is 0 Å². The Morgan fingerprint density at radius 2 is 2.11 bits per heavy atom. The number of nitrogens with zero attached hydrogens (tertiary/aromatic N) is 3. The maximum atomic E-state index is 14.6. The molecule has 9 heteroatoms. The maximum Gasteiger partial charge on any atom is 0.305 e. The normalized spacial score (nSPS) is 15.7. The van der Waals surface area contributed by atoms with Crippen LogP contribution in [0, 0.1) is 17.1 Å². The highest BCUT2D eigenvalue weighted by molar-refractivity contribution is 7.98. The molecule has 0 saturated carbocycles. The van der Waals surface area contributed by atoms with Crippen LogP contribution in [-0.4, -0.2) is 46.8 Å². The first-order valence-corrected chi connectivity index (χ1v) is 10.4. The van der Waals surface area contributed by atoms with Crippen LogP contribution in [0.2, 0.25) is 0 Å². The summed E-state index contributed by atoms with van der Waals surface area (Å²) in [4.78, 5) is 27.9. The van der Waals surface area contributed by atoms with E-state index in [9.17, 15) is 14.0 Å². The first kappa shape index (κ1) is 22.1. The van der Waals surface area contributed by atoms with Crippen LogP contribution < -0.4 is 4.90 Å². The Morgan fingerprint density at radius 1 is 1.43 bits per heavy atom. The number of hydrogen-bond acceptors (Lipinski definition) is 6. The molecule has 1 saturated heterocycles. The van der Waals surface area contributed by atoms with Crippen LogP contribution in [0.15, 0.2) is 17.0 Å². The van der Waals surface area contributed by atoms with Gasteiger partial charge >= 0.3 is 5.97 Å². The van der Waals surface area contributed by atoms with Gasteiger partial charge in [-0.3, -0.25) is 14.5 Å². The van der Waals surface area contributed by atoms with Crippen LogP contribution in [0.25, 0.3) is 0 Å². The molecule has 1 aliphatic rings. The van der Waals surface area contributed by atoms with Gasteiger partial charge in [0, 0.05) is 13.0 Å². The van der Waals surface area contributed by atoms with Crippen LogP contribution >= 0.6 is 24.0 Å². The van der Waals surface area contributed by atoms with Crippen molar-refractivity contribution >= 4 is 46.7 Å². The number of benzene rings is 1. The largest absolute Gasteiger partial charge is 0.466 e. The zero-order valence-electron chi connectivity index (χ0n) is 16.2. The number of hydrogen-bond donors (Lipinski definition) is 0. The van der Waals surface area contributed by atoms with Crippen molar-refractivity contribution in [2.24, 2.45) is 0 Å². The van der Waals surface area contributed by atoms with Crippen molar-refractivity contribution in [3.8, 4) is 6.07 Å². The molecule has 0 bridgehead atoms. The molecule has 0 aromatic heterocycles. The molecule has 0 radical (unpaired) electrons. The fourth-order valence-electron chi connectivity index (χ4n) is 3.04. The second kappa shape index (κ2) is 8.88. The minimum Gasteiger partial charge on any atom is -0.466 e. The molecule has 6 nitrogen and oxygen atoms in total. The molecule has 2 rings (SSSR count). The zero-order chi connectivity index (χ0) is 21.1. The third kappa shape index (κ3) is 3.98. The second-order valence-corrected chi connectivity index (χ2v) is 7.82. The molecule has 28 heavy (non-hydrogen) atoms. The predicted octanol–water partition coefficient (Wildman–Crippen LogP) is 3.47. The van der Waals surface area contributed by atoms with Gasteiger partial charge in [0.2, 0.25) is 0 Å². The van der Waals surface area contributed by atoms with Gasteiger partial charge in [-0.25, -0.2) is 4.39 Å². The summed E-state index contributed by atoms with van der Waals surface area (Å²) in [5, 5.41) is 9.30. The fourth-order valence-corrected chi connectivity index (χ4v) is 4.20. The molecule has 0 unspecified atom stereocenters. The molecule has 1 aromatic rings. The number of esters is 1. The van der Waals surface area contributed by atoms with Gasteiger partial charge in [0.1, 0.15) is 11.6 Å². The van der Waals surface area contributed by atoms with Gasteiger partial charge in [-0.15, -0.1) is 11.8 Å². The lowest BCUT2D eigenvalue weighted by molar-refractivity contribution is -0.143. The van der Waals surface area contributed by atoms with Gasteiger partial charge in [-0.05, 0) is 57.8 Å². The Hall–Kier alpha value is -2.18. The molecule has 1 amide bonds. The Bertz CT molecular complexity index is 852. The molecule has 0 spiro atoms. The molecule has 150 valence electrons. The van der Waals surface area contributed by atoms with Crippen LogP contribution in [0.3, 0.4) is 0 Å². The highest BCUT2D eigenvalue weighted by Crippen LogP contribution is 2.39. The van der Waals surface area contributed by atoms with Crippen molar-refractivity contribution in [2.75, 3.05) is 24.3 Å². The van der Waals surface area contributed by atoms with Crippen molar-refractivity contribution < 1.29 is 18.7 Å². The number of anilines is 1. The zero-order valence-corrected chi connectivity index (χ0v) is 17.9. The highest BCUT2D eigenvalue weighted by atomic mass is 32.2. The number of thioether (sulfide) groups is 1. The molecule has 1 aliphatic heterocycles. The molecule has 1 aromatic carbocycles. The van der Waals surface area contributed by atoms with E-state index in [4.69, 9.17) is 22.2 Å². The number of ether oxygens (including phenoxy) is 1. The SMILES string of the molecule is CCOC(=O)CCCN1C(=S)N(c2ccc(C#N)c(F)c2SC)C(=O)C1(C)C. The van der Waals surface area contributed by atoms with Crippen LogP contribution in [0.4, 0.5) is 10.1 Å². The number of halogens is 1. The van der Waals surface area contributed by atoms with E-state index in [0.717, 1.165) is 11.8 Å². The summed E-state index contributed by atoms with van der Waals surface area (Å²) in [6.45, 7) is 5.93. The van der Waals surface area contributed by atoms with Crippen molar-refractivity contribution in [3.05, 3.63) is 23.5 Å².